The van der Waals surface area contributed by atoms with Gasteiger partial charge in [0.25, 0.3) is 0 Å². The van der Waals surface area contributed by atoms with Gasteiger partial charge >= 0.3 is 5.97 Å². The molecule has 0 saturated heterocycles. The highest BCUT2D eigenvalue weighted by Crippen LogP contribution is 2.35. The SMILES string of the molecule is Cc1ccccc1C(NC(=O)C1CCC1C(=O)O)C(C)C. The van der Waals surface area contributed by atoms with Crippen molar-refractivity contribution in [3.63, 3.8) is 0 Å². The summed E-state index contributed by atoms with van der Waals surface area (Å²) in [7, 11) is 0. The van der Waals surface area contributed by atoms with E-state index in [1.54, 1.807) is 0 Å². The maximum Gasteiger partial charge on any atom is 0.307 e. The predicted octanol–water partition coefficient (Wildman–Crippen LogP) is 2.92. The number of benzene rings is 1. The summed E-state index contributed by atoms with van der Waals surface area (Å²) < 4.78 is 0. The number of aliphatic carboxylic acids is 1. The number of carbonyl (C=O) groups is 2. The third-order valence-electron chi connectivity index (χ3n) is 4.42. The fourth-order valence-electron chi connectivity index (χ4n) is 2.91. The monoisotopic (exact) mass is 289 g/mol. The Hall–Kier alpha value is -1.84. The highest BCUT2D eigenvalue weighted by molar-refractivity contribution is 5.86. The maximum absolute atomic E-state index is 12.4. The quantitative estimate of drug-likeness (QED) is 0.876. The van der Waals surface area contributed by atoms with E-state index in [1.807, 2.05) is 31.2 Å². The van der Waals surface area contributed by atoms with E-state index >= 15 is 0 Å². The van der Waals surface area contributed by atoms with Crippen LogP contribution < -0.4 is 5.32 Å². The highest BCUT2D eigenvalue weighted by atomic mass is 16.4. The largest absolute Gasteiger partial charge is 0.481 e. The van der Waals surface area contributed by atoms with E-state index in [-0.39, 0.29) is 23.8 Å². The lowest BCUT2D eigenvalue weighted by atomic mass is 9.73. The van der Waals surface area contributed by atoms with E-state index in [2.05, 4.69) is 19.2 Å². The Kier molecular flexibility index (Phi) is 4.66. The number of carbonyl (C=O) groups excluding carboxylic acids is 1. The molecule has 0 aliphatic heterocycles. The average Bonchev–Trinajstić information content (AvgIpc) is 2.34. The number of rotatable bonds is 5. The van der Waals surface area contributed by atoms with Gasteiger partial charge in [-0.25, -0.2) is 0 Å². The molecule has 2 N–H and O–H groups in total. The molecule has 1 aromatic carbocycles. The molecule has 2 rings (SSSR count). The Morgan fingerprint density at radius 1 is 1.19 bits per heavy atom. The van der Waals surface area contributed by atoms with Crippen LogP contribution in [0.15, 0.2) is 24.3 Å². The van der Waals surface area contributed by atoms with Crippen molar-refractivity contribution in [2.24, 2.45) is 17.8 Å². The van der Waals surface area contributed by atoms with Gasteiger partial charge < -0.3 is 10.4 Å². The average molecular weight is 289 g/mol. The lowest BCUT2D eigenvalue weighted by Gasteiger charge is -2.34. The van der Waals surface area contributed by atoms with Crippen LogP contribution in [0.2, 0.25) is 0 Å². The van der Waals surface area contributed by atoms with E-state index < -0.39 is 11.9 Å². The Bertz CT molecular complexity index is 539. The second-order valence-corrected chi connectivity index (χ2v) is 6.22. The first-order chi connectivity index (χ1) is 9.91. The van der Waals surface area contributed by atoms with Gasteiger partial charge in [0.2, 0.25) is 5.91 Å². The number of nitrogens with one attached hydrogen (secondary N) is 1. The molecule has 21 heavy (non-hydrogen) atoms. The van der Waals surface area contributed by atoms with E-state index in [4.69, 9.17) is 5.11 Å². The predicted molar refractivity (Wildman–Crippen MR) is 80.8 cm³/mol. The first kappa shape index (κ1) is 15.5. The number of aryl methyl sites for hydroxylation is 1. The molecule has 4 nitrogen and oxygen atoms in total. The van der Waals surface area contributed by atoms with Crippen molar-refractivity contribution >= 4 is 11.9 Å². The van der Waals surface area contributed by atoms with Gasteiger partial charge in [0.1, 0.15) is 0 Å². The molecule has 4 heteroatoms. The van der Waals surface area contributed by atoms with Crippen LogP contribution in [0.3, 0.4) is 0 Å². The Labute approximate surface area is 125 Å². The van der Waals surface area contributed by atoms with E-state index in [0.29, 0.717) is 12.8 Å². The summed E-state index contributed by atoms with van der Waals surface area (Å²) in [6.07, 6.45) is 1.27. The van der Waals surface area contributed by atoms with Crippen LogP contribution in [-0.4, -0.2) is 17.0 Å². The summed E-state index contributed by atoms with van der Waals surface area (Å²) in [5.41, 5.74) is 2.24. The second kappa shape index (κ2) is 6.29. The molecule has 3 unspecified atom stereocenters. The van der Waals surface area contributed by atoms with Gasteiger partial charge in [0, 0.05) is 0 Å². The number of amides is 1. The summed E-state index contributed by atoms with van der Waals surface area (Å²) in [6, 6.07) is 7.92. The van der Waals surface area contributed by atoms with Gasteiger partial charge in [0.15, 0.2) is 0 Å². The van der Waals surface area contributed by atoms with Crippen LogP contribution in [-0.2, 0) is 9.59 Å². The standard InChI is InChI=1S/C17H23NO3/c1-10(2)15(12-7-5-4-6-11(12)3)18-16(19)13-8-9-14(13)17(20)21/h4-7,10,13-15H,8-9H2,1-3H3,(H,18,19)(H,20,21). The van der Waals surface area contributed by atoms with Gasteiger partial charge in [-0.05, 0) is 36.8 Å². The molecule has 0 bridgehead atoms. The summed E-state index contributed by atoms with van der Waals surface area (Å²) in [5.74, 6) is -1.64. The second-order valence-electron chi connectivity index (χ2n) is 6.22. The van der Waals surface area contributed by atoms with E-state index in [0.717, 1.165) is 11.1 Å². The van der Waals surface area contributed by atoms with Gasteiger partial charge in [-0.1, -0.05) is 38.1 Å². The minimum Gasteiger partial charge on any atom is -0.481 e. The molecule has 0 spiro atoms. The van der Waals surface area contributed by atoms with Crippen molar-refractivity contribution in [2.75, 3.05) is 0 Å². The molecule has 3 atom stereocenters. The first-order valence-electron chi connectivity index (χ1n) is 7.50. The smallest absolute Gasteiger partial charge is 0.307 e. The minimum absolute atomic E-state index is 0.0752. The molecule has 1 aromatic rings. The molecule has 1 amide bonds. The van der Waals surface area contributed by atoms with Crippen molar-refractivity contribution in [3.05, 3.63) is 35.4 Å². The lowest BCUT2D eigenvalue weighted by molar-refractivity contribution is -0.153. The topological polar surface area (TPSA) is 66.4 Å². The van der Waals surface area contributed by atoms with Crippen LogP contribution in [0.25, 0.3) is 0 Å². The molecule has 0 aromatic heterocycles. The van der Waals surface area contributed by atoms with Gasteiger partial charge in [-0.15, -0.1) is 0 Å². The van der Waals surface area contributed by atoms with Gasteiger partial charge in [-0.2, -0.15) is 0 Å². The van der Waals surface area contributed by atoms with E-state index in [1.165, 1.54) is 0 Å². The zero-order valence-corrected chi connectivity index (χ0v) is 12.8. The molecule has 1 aliphatic carbocycles. The zero-order chi connectivity index (χ0) is 15.6. The molecular weight excluding hydrogens is 266 g/mol. The number of hydrogen-bond donors (Lipinski definition) is 2. The number of carboxylic acids is 1. The summed E-state index contributed by atoms with van der Waals surface area (Å²) >= 11 is 0. The third kappa shape index (κ3) is 3.26. The molecule has 114 valence electrons. The molecule has 0 radical (unpaired) electrons. The Balaban J connectivity index is 2.13. The zero-order valence-electron chi connectivity index (χ0n) is 12.8. The fourth-order valence-corrected chi connectivity index (χ4v) is 2.91. The van der Waals surface area contributed by atoms with Crippen LogP contribution in [0, 0.1) is 24.7 Å². The number of carboxylic acid groups (broad SMARTS) is 1. The molecule has 1 fully saturated rings. The van der Waals surface area contributed by atoms with Gasteiger partial charge in [-0.3, -0.25) is 9.59 Å². The van der Waals surface area contributed by atoms with Gasteiger partial charge in [0.05, 0.1) is 17.9 Å². The third-order valence-corrected chi connectivity index (χ3v) is 4.42. The maximum atomic E-state index is 12.4. The fraction of sp³-hybridized carbons (Fsp3) is 0.529. The van der Waals surface area contributed by atoms with Crippen LogP contribution >= 0.6 is 0 Å². The molecular formula is C17H23NO3. The lowest BCUT2D eigenvalue weighted by Crippen LogP contribution is -2.46. The van der Waals surface area contributed by atoms with Crippen molar-refractivity contribution < 1.29 is 14.7 Å². The molecule has 0 heterocycles. The van der Waals surface area contributed by atoms with Crippen molar-refractivity contribution in [1.29, 1.82) is 0 Å². The van der Waals surface area contributed by atoms with Crippen molar-refractivity contribution in [2.45, 2.75) is 39.7 Å². The van der Waals surface area contributed by atoms with Crippen molar-refractivity contribution in [3.8, 4) is 0 Å². The number of hydrogen-bond acceptors (Lipinski definition) is 2. The summed E-state index contributed by atoms with van der Waals surface area (Å²) in [4.78, 5) is 23.4. The molecule has 1 saturated carbocycles. The van der Waals surface area contributed by atoms with E-state index in [9.17, 15) is 9.59 Å². The molecule has 1 aliphatic rings. The minimum atomic E-state index is -0.863. The Morgan fingerprint density at radius 3 is 2.29 bits per heavy atom. The first-order valence-corrected chi connectivity index (χ1v) is 7.50. The summed E-state index contributed by atoms with van der Waals surface area (Å²) in [5, 5.41) is 12.1. The summed E-state index contributed by atoms with van der Waals surface area (Å²) in [6.45, 7) is 6.15. The highest BCUT2D eigenvalue weighted by Gasteiger charge is 2.42. The van der Waals surface area contributed by atoms with Crippen LogP contribution in [0.5, 0.6) is 0 Å². The Morgan fingerprint density at radius 2 is 1.81 bits per heavy atom. The normalized spacial score (nSPS) is 22.5. The van der Waals surface area contributed by atoms with Crippen LogP contribution in [0.1, 0.15) is 43.9 Å². The van der Waals surface area contributed by atoms with Crippen LogP contribution in [0.4, 0.5) is 0 Å². The van der Waals surface area contributed by atoms with Crippen molar-refractivity contribution in [1.82, 2.24) is 5.32 Å².